The van der Waals surface area contributed by atoms with E-state index >= 15 is 0 Å². The van der Waals surface area contributed by atoms with Crippen LogP contribution in [0.1, 0.15) is 12.7 Å². The number of carbonyl (C=O) groups excluding carboxylic acids is 2. The summed E-state index contributed by atoms with van der Waals surface area (Å²) in [5.41, 5.74) is 0. The molecule has 0 spiro atoms. The number of ether oxygens (including phenoxy) is 1. The second-order valence-corrected chi connectivity index (χ2v) is 3.66. The maximum Gasteiger partial charge on any atom is 0.315 e. The number of amides is 3. The first kappa shape index (κ1) is 15.0. The van der Waals surface area contributed by atoms with Gasteiger partial charge in [0.2, 0.25) is 5.91 Å². The Morgan fingerprint density at radius 1 is 1.32 bits per heavy atom. The molecule has 0 aliphatic heterocycles. The van der Waals surface area contributed by atoms with E-state index in [1.807, 2.05) is 6.92 Å². The van der Waals surface area contributed by atoms with Crippen molar-refractivity contribution in [1.82, 2.24) is 16.0 Å². The van der Waals surface area contributed by atoms with E-state index in [-0.39, 0.29) is 12.5 Å². The molecule has 0 aliphatic rings. The molecule has 1 rings (SSSR count). The van der Waals surface area contributed by atoms with Crippen molar-refractivity contribution in [3.8, 4) is 0 Å². The third-order valence-electron chi connectivity index (χ3n) is 2.19. The number of hydrogen-bond donors (Lipinski definition) is 3. The minimum absolute atomic E-state index is 0.0822. The van der Waals surface area contributed by atoms with Gasteiger partial charge in [0.15, 0.2) is 0 Å². The van der Waals surface area contributed by atoms with Crippen LogP contribution in [0, 0.1) is 0 Å². The van der Waals surface area contributed by atoms with Crippen molar-refractivity contribution in [2.24, 2.45) is 0 Å². The first-order valence-corrected chi connectivity index (χ1v) is 6.11. The highest BCUT2D eigenvalue weighted by atomic mass is 16.5. The van der Waals surface area contributed by atoms with Crippen molar-refractivity contribution in [2.75, 3.05) is 26.3 Å². The third kappa shape index (κ3) is 7.10. The summed E-state index contributed by atoms with van der Waals surface area (Å²) in [4.78, 5) is 22.7. The smallest absolute Gasteiger partial charge is 0.315 e. The predicted octanol–water partition coefficient (Wildman–Crippen LogP) is 0.232. The molecule has 0 bridgehead atoms. The molecule has 0 aromatic carbocycles. The second kappa shape index (κ2) is 8.98. The van der Waals surface area contributed by atoms with Gasteiger partial charge in [0.05, 0.1) is 26.0 Å². The van der Waals surface area contributed by atoms with Crippen LogP contribution < -0.4 is 16.0 Å². The summed E-state index contributed by atoms with van der Waals surface area (Å²) in [6.07, 6.45) is 1.53. The number of hydrogen-bond acceptors (Lipinski definition) is 4. The molecular weight excluding hydrogens is 250 g/mol. The number of rotatable bonds is 8. The molecule has 3 N–H and O–H groups in total. The highest BCUT2D eigenvalue weighted by Crippen LogP contribution is 1.97. The van der Waals surface area contributed by atoms with Crippen molar-refractivity contribution < 1.29 is 18.7 Å². The normalized spacial score (nSPS) is 9.95. The van der Waals surface area contributed by atoms with Gasteiger partial charge >= 0.3 is 6.03 Å². The van der Waals surface area contributed by atoms with E-state index in [0.717, 1.165) is 0 Å². The third-order valence-corrected chi connectivity index (χ3v) is 2.19. The molecule has 1 heterocycles. The Morgan fingerprint density at radius 2 is 2.16 bits per heavy atom. The molecule has 0 fully saturated rings. The highest BCUT2D eigenvalue weighted by molar-refractivity contribution is 5.83. The quantitative estimate of drug-likeness (QED) is 0.589. The Morgan fingerprint density at radius 3 is 2.84 bits per heavy atom. The van der Waals surface area contributed by atoms with Gasteiger partial charge in [-0.1, -0.05) is 0 Å². The molecule has 3 amide bonds. The number of nitrogens with one attached hydrogen (secondary N) is 3. The summed E-state index contributed by atoms with van der Waals surface area (Å²) in [5.74, 6) is 0.380. The van der Waals surface area contributed by atoms with E-state index in [4.69, 9.17) is 9.15 Å². The maximum absolute atomic E-state index is 11.4. The Bertz CT molecular complexity index is 378. The van der Waals surface area contributed by atoms with Gasteiger partial charge in [-0.05, 0) is 19.1 Å². The minimum atomic E-state index is -0.396. The van der Waals surface area contributed by atoms with Crippen molar-refractivity contribution in [3.05, 3.63) is 24.2 Å². The molecule has 0 radical (unpaired) electrons. The van der Waals surface area contributed by atoms with E-state index in [9.17, 15) is 9.59 Å². The van der Waals surface area contributed by atoms with Crippen LogP contribution in [0.4, 0.5) is 4.79 Å². The molecule has 7 nitrogen and oxygen atoms in total. The average Bonchev–Trinajstić information content (AvgIpc) is 2.92. The van der Waals surface area contributed by atoms with Crippen molar-refractivity contribution in [1.29, 1.82) is 0 Å². The maximum atomic E-state index is 11.4. The molecular formula is C12H19N3O4. The lowest BCUT2D eigenvalue weighted by Gasteiger charge is -2.07. The largest absolute Gasteiger partial charge is 0.467 e. The molecule has 7 heteroatoms. The zero-order valence-corrected chi connectivity index (χ0v) is 10.9. The lowest BCUT2D eigenvalue weighted by Crippen LogP contribution is -2.42. The molecule has 106 valence electrons. The zero-order chi connectivity index (χ0) is 13.9. The second-order valence-electron chi connectivity index (χ2n) is 3.66. The number of urea groups is 1. The SMILES string of the molecule is CCOCCNC(=O)NCC(=O)NCc1ccco1. The van der Waals surface area contributed by atoms with Crippen LogP contribution in [0.25, 0.3) is 0 Å². The van der Waals surface area contributed by atoms with E-state index in [1.54, 1.807) is 12.1 Å². The fourth-order valence-electron chi connectivity index (χ4n) is 1.27. The summed E-state index contributed by atoms with van der Waals surface area (Å²) in [6.45, 7) is 3.57. The fraction of sp³-hybridized carbons (Fsp3) is 0.500. The molecule has 0 saturated carbocycles. The molecule has 0 unspecified atom stereocenters. The van der Waals surface area contributed by atoms with Crippen LogP contribution in [0.3, 0.4) is 0 Å². The van der Waals surface area contributed by atoms with Crippen molar-refractivity contribution in [3.63, 3.8) is 0 Å². The molecule has 1 aromatic heterocycles. The van der Waals surface area contributed by atoms with Gasteiger partial charge in [-0.15, -0.1) is 0 Å². The van der Waals surface area contributed by atoms with Crippen LogP contribution in [0.15, 0.2) is 22.8 Å². The van der Waals surface area contributed by atoms with Crippen LogP contribution in [-0.4, -0.2) is 38.2 Å². The van der Waals surface area contributed by atoms with Gasteiger partial charge in [-0.25, -0.2) is 4.79 Å². The lowest BCUT2D eigenvalue weighted by atomic mass is 10.4. The van der Waals surface area contributed by atoms with Crippen LogP contribution >= 0.6 is 0 Å². The topological polar surface area (TPSA) is 92.6 Å². The molecule has 0 saturated heterocycles. The summed E-state index contributed by atoms with van der Waals surface area (Å²) >= 11 is 0. The Labute approximate surface area is 111 Å². The Balaban J connectivity index is 2.04. The van der Waals surface area contributed by atoms with E-state index in [2.05, 4.69) is 16.0 Å². The van der Waals surface area contributed by atoms with Gasteiger partial charge in [0, 0.05) is 13.2 Å². The van der Waals surface area contributed by atoms with E-state index in [0.29, 0.717) is 32.1 Å². The van der Waals surface area contributed by atoms with Gasteiger partial charge < -0.3 is 25.1 Å². The van der Waals surface area contributed by atoms with Crippen molar-refractivity contribution in [2.45, 2.75) is 13.5 Å². The summed E-state index contributed by atoms with van der Waals surface area (Å²) < 4.78 is 10.1. The van der Waals surface area contributed by atoms with E-state index < -0.39 is 6.03 Å². The van der Waals surface area contributed by atoms with Crippen LogP contribution in [0.5, 0.6) is 0 Å². The highest BCUT2D eigenvalue weighted by Gasteiger charge is 2.05. The standard InChI is InChI=1S/C12H19N3O4/c1-2-18-7-5-13-12(17)15-9-11(16)14-8-10-4-3-6-19-10/h3-4,6H,2,5,7-9H2,1H3,(H,14,16)(H2,13,15,17). The summed E-state index contributed by atoms with van der Waals surface area (Å²) in [5, 5.41) is 7.63. The van der Waals surface area contributed by atoms with Gasteiger partial charge in [-0.2, -0.15) is 0 Å². The molecule has 19 heavy (non-hydrogen) atoms. The predicted molar refractivity (Wildman–Crippen MR) is 68.4 cm³/mol. The van der Waals surface area contributed by atoms with Crippen molar-refractivity contribution >= 4 is 11.9 Å². The van der Waals surface area contributed by atoms with Gasteiger partial charge in [0.25, 0.3) is 0 Å². The molecule has 0 atom stereocenters. The average molecular weight is 269 g/mol. The molecule has 1 aromatic rings. The zero-order valence-electron chi connectivity index (χ0n) is 10.9. The first-order chi connectivity index (χ1) is 9.22. The monoisotopic (exact) mass is 269 g/mol. The first-order valence-electron chi connectivity index (χ1n) is 6.11. The van der Waals surface area contributed by atoms with Crippen LogP contribution in [0.2, 0.25) is 0 Å². The molecule has 0 aliphatic carbocycles. The van der Waals surface area contributed by atoms with Gasteiger partial charge in [0.1, 0.15) is 5.76 Å². The summed E-state index contributed by atoms with van der Waals surface area (Å²) in [7, 11) is 0. The lowest BCUT2D eigenvalue weighted by molar-refractivity contribution is -0.120. The Hall–Kier alpha value is -2.02. The fourth-order valence-corrected chi connectivity index (χ4v) is 1.27. The number of carbonyl (C=O) groups is 2. The van der Waals surface area contributed by atoms with Gasteiger partial charge in [-0.3, -0.25) is 4.79 Å². The number of furan rings is 1. The summed E-state index contributed by atoms with van der Waals surface area (Å²) in [6, 6.07) is 3.10. The minimum Gasteiger partial charge on any atom is -0.467 e. The van der Waals surface area contributed by atoms with Crippen LogP contribution in [-0.2, 0) is 16.1 Å². The Kier molecular flexibility index (Phi) is 7.11. The van der Waals surface area contributed by atoms with E-state index in [1.165, 1.54) is 6.26 Å².